The summed E-state index contributed by atoms with van der Waals surface area (Å²) in [4.78, 5) is 0.638. The van der Waals surface area contributed by atoms with Gasteiger partial charge in [0.1, 0.15) is 16.5 Å². The zero-order valence-electron chi connectivity index (χ0n) is 9.30. The summed E-state index contributed by atoms with van der Waals surface area (Å²) in [5.41, 5.74) is 5.20. The van der Waals surface area contributed by atoms with Gasteiger partial charge < -0.3 is 5.73 Å². The molecule has 0 radical (unpaired) electrons. The molecule has 9 heteroatoms. The van der Waals surface area contributed by atoms with E-state index >= 15 is 0 Å². The van der Waals surface area contributed by atoms with Gasteiger partial charge in [-0.25, -0.2) is 8.78 Å². The van der Waals surface area contributed by atoms with Crippen LogP contribution in [-0.2, 0) is 23.6 Å². The highest BCUT2D eigenvalue weighted by atomic mass is 32.2. The number of aryl methyl sites for hydroxylation is 1. The Morgan fingerprint density at radius 3 is 2.50 bits per heavy atom. The van der Waals surface area contributed by atoms with Crippen molar-refractivity contribution in [2.75, 3.05) is 5.73 Å². The van der Waals surface area contributed by atoms with Crippen molar-refractivity contribution in [2.24, 2.45) is 7.05 Å². The molecule has 96 valence electrons. The van der Waals surface area contributed by atoms with Crippen LogP contribution in [0.2, 0.25) is 0 Å². The van der Waals surface area contributed by atoms with E-state index in [9.17, 15) is 13.0 Å². The highest BCUT2D eigenvalue weighted by molar-refractivity contribution is 7.84. The summed E-state index contributed by atoms with van der Waals surface area (Å²) in [5.74, 6) is -1.97. The minimum Gasteiger partial charge on any atom is -0.399 e. The molecule has 1 atom stereocenters. The van der Waals surface area contributed by atoms with Crippen LogP contribution in [0.4, 0.5) is 14.5 Å². The molecule has 2 rings (SSSR count). The van der Waals surface area contributed by atoms with E-state index in [-0.39, 0.29) is 17.3 Å². The van der Waals surface area contributed by atoms with E-state index < -0.39 is 27.3 Å². The van der Waals surface area contributed by atoms with Gasteiger partial charge in [0, 0.05) is 5.69 Å². The highest BCUT2D eigenvalue weighted by Gasteiger charge is 2.19. The van der Waals surface area contributed by atoms with Crippen molar-refractivity contribution in [3.63, 3.8) is 0 Å². The summed E-state index contributed by atoms with van der Waals surface area (Å²) in [6, 6.07) is 1.83. The van der Waals surface area contributed by atoms with Crippen molar-refractivity contribution < 1.29 is 13.0 Å². The van der Waals surface area contributed by atoms with Gasteiger partial charge in [-0.05, 0) is 17.3 Å². The molecule has 0 bridgehead atoms. The zero-order valence-corrected chi connectivity index (χ0v) is 10.1. The second kappa shape index (κ2) is 4.77. The van der Waals surface area contributed by atoms with Crippen LogP contribution < -0.4 is 5.73 Å². The maximum atomic E-state index is 13.5. The van der Waals surface area contributed by atoms with Crippen LogP contribution in [0, 0.1) is 11.6 Å². The fourth-order valence-electron chi connectivity index (χ4n) is 1.37. The number of benzene rings is 1. The largest absolute Gasteiger partial charge is 0.399 e. The standard InChI is InChI=1S/C9H9F2N5OS/c1-16-14-8(13-15-16)4-18(17)9-6(10)2-5(12)3-7(9)11/h2-3H,4,12H2,1H3. The Bertz CT molecular complexity index is 592. The first kappa shape index (κ1) is 12.6. The van der Waals surface area contributed by atoms with Gasteiger partial charge >= 0.3 is 0 Å². The van der Waals surface area contributed by atoms with Crippen molar-refractivity contribution in [1.29, 1.82) is 0 Å². The van der Waals surface area contributed by atoms with Crippen molar-refractivity contribution in [2.45, 2.75) is 10.6 Å². The Hall–Kier alpha value is -1.90. The Kier molecular flexibility index (Phi) is 3.32. The summed E-state index contributed by atoms with van der Waals surface area (Å²) >= 11 is 0. The second-order valence-electron chi connectivity index (χ2n) is 3.50. The molecule has 1 aromatic carbocycles. The Morgan fingerprint density at radius 2 is 2.00 bits per heavy atom. The molecule has 1 unspecified atom stereocenters. The normalized spacial score (nSPS) is 12.6. The number of nitrogens with two attached hydrogens (primary N) is 1. The van der Waals surface area contributed by atoms with Gasteiger partial charge in [0.05, 0.1) is 23.6 Å². The van der Waals surface area contributed by atoms with E-state index in [1.54, 1.807) is 0 Å². The van der Waals surface area contributed by atoms with Gasteiger partial charge in [-0.15, -0.1) is 10.2 Å². The molecule has 1 heterocycles. The summed E-state index contributed by atoms with van der Waals surface area (Å²) in [6.07, 6.45) is 0. The lowest BCUT2D eigenvalue weighted by molar-refractivity contribution is 0.535. The molecule has 2 aromatic rings. The zero-order chi connectivity index (χ0) is 13.3. The average Bonchev–Trinajstić information content (AvgIpc) is 2.62. The van der Waals surface area contributed by atoms with Crippen LogP contribution in [0.5, 0.6) is 0 Å². The Morgan fingerprint density at radius 1 is 1.39 bits per heavy atom. The van der Waals surface area contributed by atoms with E-state index in [4.69, 9.17) is 5.73 Å². The third kappa shape index (κ3) is 2.50. The third-order valence-corrected chi connectivity index (χ3v) is 3.42. The smallest absolute Gasteiger partial charge is 0.187 e. The van der Waals surface area contributed by atoms with E-state index in [0.717, 1.165) is 12.1 Å². The SMILES string of the molecule is Cn1nnc(CS(=O)c2c(F)cc(N)cc2F)n1. The van der Waals surface area contributed by atoms with E-state index in [2.05, 4.69) is 15.4 Å². The summed E-state index contributed by atoms with van der Waals surface area (Å²) in [6.45, 7) is 0. The molecule has 0 aliphatic carbocycles. The summed E-state index contributed by atoms with van der Waals surface area (Å²) < 4.78 is 38.8. The summed E-state index contributed by atoms with van der Waals surface area (Å²) in [5, 5.41) is 10.9. The maximum absolute atomic E-state index is 13.5. The van der Waals surface area contributed by atoms with Crippen LogP contribution in [-0.4, -0.2) is 24.4 Å². The minimum atomic E-state index is -1.94. The monoisotopic (exact) mass is 273 g/mol. The molecule has 0 aliphatic rings. The first-order chi connectivity index (χ1) is 8.47. The number of hydrogen-bond donors (Lipinski definition) is 1. The first-order valence-corrected chi connectivity index (χ1v) is 6.15. The fraction of sp³-hybridized carbons (Fsp3) is 0.222. The molecule has 0 aliphatic heterocycles. The highest BCUT2D eigenvalue weighted by Crippen LogP contribution is 2.21. The maximum Gasteiger partial charge on any atom is 0.187 e. The van der Waals surface area contributed by atoms with Gasteiger partial charge in [0.25, 0.3) is 0 Å². The molecule has 0 fully saturated rings. The van der Waals surface area contributed by atoms with E-state index in [1.807, 2.05) is 0 Å². The quantitative estimate of drug-likeness (QED) is 0.817. The summed E-state index contributed by atoms with van der Waals surface area (Å²) in [7, 11) is -0.405. The fourth-order valence-corrected chi connectivity index (χ4v) is 2.41. The molecule has 0 saturated carbocycles. The number of tetrazole rings is 1. The van der Waals surface area contributed by atoms with E-state index in [0.29, 0.717) is 0 Å². The van der Waals surface area contributed by atoms with Gasteiger partial charge in [0.15, 0.2) is 5.82 Å². The number of halogens is 2. The van der Waals surface area contributed by atoms with Crippen LogP contribution in [0.15, 0.2) is 17.0 Å². The van der Waals surface area contributed by atoms with Gasteiger partial charge in [-0.3, -0.25) is 4.21 Å². The molecule has 0 saturated heterocycles. The average molecular weight is 273 g/mol. The predicted molar refractivity (Wildman–Crippen MR) is 59.7 cm³/mol. The van der Waals surface area contributed by atoms with E-state index in [1.165, 1.54) is 11.8 Å². The molecular formula is C9H9F2N5OS. The lowest BCUT2D eigenvalue weighted by Crippen LogP contribution is -2.05. The second-order valence-corrected chi connectivity index (χ2v) is 4.89. The van der Waals surface area contributed by atoms with Crippen molar-refractivity contribution >= 4 is 16.5 Å². The number of nitrogen functional groups attached to an aromatic ring is 1. The van der Waals surface area contributed by atoms with Crippen LogP contribution >= 0.6 is 0 Å². The number of rotatable bonds is 3. The lowest BCUT2D eigenvalue weighted by atomic mass is 10.3. The molecule has 6 nitrogen and oxygen atoms in total. The molecule has 0 spiro atoms. The van der Waals surface area contributed by atoms with Crippen LogP contribution in [0.3, 0.4) is 0 Å². The molecule has 0 amide bonds. The Balaban J connectivity index is 2.29. The third-order valence-electron chi connectivity index (χ3n) is 2.06. The predicted octanol–water partition coefficient (Wildman–Crippen LogP) is 0.378. The topological polar surface area (TPSA) is 86.7 Å². The van der Waals surface area contributed by atoms with Crippen molar-refractivity contribution in [3.8, 4) is 0 Å². The van der Waals surface area contributed by atoms with Gasteiger partial charge in [0.2, 0.25) is 0 Å². The molecule has 1 aromatic heterocycles. The number of aromatic nitrogens is 4. The lowest BCUT2D eigenvalue weighted by Gasteiger charge is -2.04. The Labute approximate surface area is 103 Å². The van der Waals surface area contributed by atoms with Crippen LogP contribution in [0.1, 0.15) is 5.82 Å². The number of hydrogen-bond acceptors (Lipinski definition) is 5. The van der Waals surface area contributed by atoms with Gasteiger partial charge in [-0.1, -0.05) is 0 Å². The minimum absolute atomic E-state index is 0.0663. The van der Waals surface area contributed by atoms with Crippen LogP contribution in [0.25, 0.3) is 0 Å². The number of anilines is 1. The van der Waals surface area contributed by atoms with Crippen molar-refractivity contribution in [3.05, 3.63) is 29.6 Å². The number of nitrogens with zero attached hydrogens (tertiary/aromatic N) is 4. The molecular weight excluding hydrogens is 264 g/mol. The first-order valence-electron chi connectivity index (χ1n) is 4.83. The molecule has 18 heavy (non-hydrogen) atoms. The molecule has 2 N–H and O–H groups in total. The van der Waals surface area contributed by atoms with Crippen molar-refractivity contribution in [1.82, 2.24) is 20.2 Å². The van der Waals surface area contributed by atoms with Gasteiger partial charge in [-0.2, -0.15) is 4.80 Å².